The van der Waals surface area contributed by atoms with Crippen molar-refractivity contribution in [2.45, 2.75) is 11.8 Å². The summed E-state index contributed by atoms with van der Waals surface area (Å²) in [4.78, 5) is 29.0. The summed E-state index contributed by atoms with van der Waals surface area (Å²) in [5.74, 6) is -0.295. The topological polar surface area (TPSA) is 49.9 Å². The molecule has 2 aliphatic heterocycles. The summed E-state index contributed by atoms with van der Waals surface area (Å²) in [5, 5.41) is 0. The highest BCUT2D eigenvalue weighted by Crippen LogP contribution is 2.48. The van der Waals surface area contributed by atoms with Crippen LogP contribution < -0.4 is 9.64 Å². The van der Waals surface area contributed by atoms with E-state index in [9.17, 15) is 14.0 Å². The number of hydrogen-bond donors (Lipinski definition) is 0. The molecular formula is C20H19FN2O3. The summed E-state index contributed by atoms with van der Waals surface area (Å²) in [5.41, 5.74) is 0.942. The van der Waals surface area contributed by atoms with E-state index in [0.29, 0.717) is 18.7 Å². The van der Waals surface area contributed by atoms with Crippen LogP contribution in [0.3, 0.4) is 0 Å². The number of methoxy groups -OCH3 is 1. The first-order valence-electron chi connectivity index (χ1n) is 8.48. The number of nitrogens with zero attached hydrogens (tertiary/aromatic N) is 2. The van der Waals surface area contributed by atoms with E-state index in [-0.39, 0.29) is 23.9 Å². The maximum atomic E-state index is 14.0. The molecule has 0 N–H and O–H groups in total. The van der Waals surface area contributed by atoms with Gasteiger partial charge < -0.3 is 14.5 Å². The molecule has 0 aliphatic carbocycles. The van der Waals surface area contributed by atoms with Gasteiger partial charge in [-0.1, -0.05) is 12.1 Å². The molecule has 2 aliphatic rings. The van der Waals surface area contributed by atoms with Crippen molar-refractivity contribution in [3.8, 4) is 5.75 Å². The van der Waals surface area contributed by atoms with Gasteiger partial charge in [0.25, 0.3) is 5.91 Å². The number of anilines is 1. The maximum Gasteiger partial charge on any atom is 0.256 e. The standard InChI is InChI=1S/C20H19FN2O3/c1-22-17-8-7-13(26-2)11-15(17)20(19(22)25)9-10-23(12-20)18(24)14-5-3-4-6-16(14)21/h3-8,11H,9-10,12H2,1-2H3/t20-/m0/s1. The average molecular weight is 354 g/mol. The normalized spacial score (nSPS) is 21.4. The van der Waals surface area contributed by atoms with E-state index in [1.54, 1.807) is 36.1 Å². The Labute approximate surface area is 151 Å². The highest BCUT2D eigenvalue weighted by molar-refractivity contribution is 6.09. The Morgan fingerprint density at radius 2 is 2.00 bits per heavy atom. The van der Waals surface area contributed by atoms with Gasteiger partial charge in [0, 0.05) is 25.8 Å². The minimum Gasteiger partial charge on any atom is -0.497 e. The third-order valence-corrected chi connectivity index (χ3v) is 5.46. The Morgan fingerprint density at radius 3 is 2.73 bits per heavy atom. The number of ether oxygens (including phenoxy) is 1. The van der Waals surface area contributed by atoms with Crippen molar-refractivity contribution in [3.63, 3.8) is 0 Å². The van der Waals surface area contributed by atoms with E-state index >= 15 is 0 Å². The number of likely N-dealkylation sites (tertiary alicyclic amines) is 1. The van der Waals surface area contributed by atoms with Gasteiger partial charge in [-0.2, -0.15) is 0 Å². The number of fused-ring (bicyclic) bond motifs is 2. The van der Waals surface area contributed by atoms with Gasteiger partial charge in [-0.15, -0.1) is 0 Å². The average Bonchev–Trinajstić information content (AvgIpc) is 3.19. The quantitative estimate of drug-likeness (QED) is 0.833. The van der Waals surface area contributed by atoms with Gasteiger partial charge in [-0.05, 0) is 42.3 Å². The molecule has 4 rings (SSSR count). The van der Waals surface area contributed by atoms with Crippen LogP contribution >= 0.6 is 0 Å². The fourth-order valence-corrected chi connectivity index (χ4v) is 4.05. The number of halogens is 1. The zero-order valence-corrected chi connectivity index (χ0v) is 14.7. The Hall–Kier alpha value is -2.89. The summed E-state index contributed by atoms with van der Waals surface area (Å²) in [6.45, 7) is 0.646. The molecule has 2 aromatic rings. The van der Waals surface area contributed by atoms with Crippen molar-refractivity contribution in [1.29, 1.82) is 0 Å². The molecule has 1 atom stereocenters. The van der Waals surface area contributed by atoms with E-state index in [4.69, 9.17) is 4.74 Å². The third-order valence-electron chi connectivity index (χ3n) is 5.46. The summed E-state index contributed by atoms with van der Waals surface area (Å²) in [7, 11) is 3.32. The molecule has 0 aromatic heterocycles. The highest BCUT2D eigenvalue weighted by Gasteiger charge is 2.54. The molecule has 2 heterocycles. The first-order chi connectivity index (χ1) is 12.5. The van der Waals surface area contributed by atoms with Crippen LogP contribution in [0.25, 0.3) is 0 Å². The SMILES string of the molecule is COc1ccc2c(c1)[C@@]1(CCN(C(=O)c3ccccc3F)C1)C(=O)N2C. The summed E-state index contributed by atoms with van der Waals surface area (Å²) < 4.78 is 19.3. The smallest absolute Gasteiger partial charge is 0.256 e. The molecule has 0 unspecified atom stereocenters. The molecule has 2 aromatic carbocycles. The number of rotatable bonds is 2. The van der Waals surface area contributed by atoms with Crippen molar-refractivity contribution in [3.05, 3.63) is 59.4 Å². The molecule has 26 heavy (non-hydrogen) atoms. The number of hydrogen-bond acceptors (Lipinski definition) is 3. The first-order valence-corrected chi connectivity index (χ1v) is 8.48. The first kappa shape index (κ1) is 16.6. The lowest BCUT2D eigenvalue weighted by Crippen LogP contribution is -2.42. The molecule has 1 spiro atoms. The van der Waals surface area contributed by atoms with E-state index in [1.165, 1.54) is 12.1 Å². The van der Waals surface area contributed by atoms with Gasteiger partial charge in [-0.3, -0.25) is 9.59 Å². The second-order valence-corrected chi connectivity index (χ2v) is 6.79. The Bertz CT molecular complexity index is 914. The highest BCUT2D eigenvalue weighted by atomic mass is 19.1. The lowest BCUT2D eigenvalue weighted by Gasteiger charge is -2.23. The van der Waals surface area contributed by atoms with Gasteiger partial charge in [0.2, 0.25) is 5.91 Å². The van der Waals surface area contributed by atoms with Crippen LogP contribution in [0.4, 0.5) is 10.1 Å². The Morgan fingerprint density at radius 1 is 1.23 bits per heavy atom. The maximum absolute atomic E-state index is 14.0. The number of carbonyl (C=O) groups excluding carboxylic acids is 2. The summed E-state index contributed by atoms with van der Waals surface area (Å²) in [6.07, 6.45) is 0.510. The zero-order chi connectivity index (χ0) is 18.5. The fourth-order valence-electron chi connectivity index (χ4n) is 4.05. The monoisotopic (exact) mass is 354 g/mol. The molecule has 2 amide bonds. The largest absolute Gasteiger partial charge is 0.497 e. The minimum absolute atomic E-state index is 0.0363. The van der Waals surface area contributed by atoms with Gasteiger partial charge in [0.15, 0.2) is 0 Å². The zero-order valence-electron chi connectivity index (χ0n) is 14.7. The molecule has 1 saturated heterocycles. The van der Waals surface area contributed by atoms with Gasteiger partial charge in [0.1, 0.15) is 11.6 Å². The summed E-state index contributed by atoms with van der Waals surface area (Å²) >= 11 is 0. The fraction of sp³-hybridized carbons (Fsp3) is 0.300. The molecule has 134 valence electrons. The summed E-state index contributed by atoms with van der Waals surface area (Å²) in [6, 6.07) is 11.5. The lowest BCUT2D eigenvalue weighted by molar-refractivity contribution is -0.122. The predicted molar refractivity (Wildman–Crippen MR) is 95.0 cm³/mol. The minimum atomic E-state index is -0.792. The van der Waals surface area contributed by atoms with Crippen molar-refractivity contribution in [2.75, 3.05) is 32.1 Å². The van der Waals surface area contributed by atoms with E-state index in [2.05, 4.69) is 0 Å². The Balaban J connectivity index is 1.71. The number of amides is 2. The van der Waals surface area contributed by atoms with E-state index in [0.717, 1.165) is 11.3 Å². The van der Waals surface area contributed by atoms with Crippen molar-refractivity contribution >= 4 is 17.5 Å². The second-order valence-electron chi connectivity index (χ2n) is 6.79. The molecule has 0 bridgehead atoms. The van der Waals surface area contributed by atoms with Crippen molar-refractivity contribution in [1.82, 2.24) is 4.90 Å². The molecule has 1 fully saturated rings. The predicted octanol–water partition coefficient (Wildman–Crippen LogP) is 2.59. The van der Waals surface area contributed by atoms with E-state index in [1.807, 2.05) is 18.2 Å². The van der Waals surface area contributed by atoms with Gasteiger partial charge in [0.05, 0.1) is 18.1 Å². The van der Waals surface area contributed by atoms with Crippen LogP contribution in [0.5, 0.6) is 5.75 Å². The van der Waals surface area contributed by atoms with Gasteiger partial charge in [-0.25, -0.2) is 4.39 Å². The second kappa shape index (κ2) is 5.83. The number of carbonyl (C=O) groups is 2. The van der Waals surface area contributed by atoms with Crippen LogP contribution in [0.1, 0.15) is 22.3 Å². The molecular weight excluding hydrogens is 335 g/mol. The van der Waals surface area contributed by atoms with Crippen LogP contribution in [0.15, 0.2) is 42.5 Å². The van der Waals surface area contributed by atoms with Crippen LogP contribution in [-0.2, 0) is 10.2 Å². The Kier molecular flexibility index (Phi) is 3.72. The molecule has 6 heteroatoms. The van der Waals surface area contributed by atoms with E-state index < -0.39 is 11.2 Å². The molecule has 0 radical (unpaired) electrons. The van der Waals surface area contributed by atoms with Gasteiger partial charge >= 0.3 is 0 Å². The number of likely N-dealkylation sites (N-methyl/N-ethyl adjacent to an activating group) is 1. The van der Waals surface area contributed by atoms with Crippen molar-refractivity contribution in [2.24, 2.45) is 0 Å². The molecule has 0 saturated carbocycles. The third kappa shape index (κ3) is 2.21. The number of benzene rings is 2. The van der Waals surface area contributed by atoms with Crippen LogP contribution in [0.2, 0.25) is 0 Å². The lowest BCUT2D eigenvalue weighted by atomic mass is 9.81. The van der Waals surface area contributed by atoms with Crippen LogP contribution in [-0.4, -0.2) is 44.0 Å². The molecule has 5 nitrogen and oxygen atoms in total. The van der Waals surface area contributed by atoms with Crippen LogP contribution in [0, 0.1) is 5.82 Å². The van der Waals surface area contributed by atoms with Crippen molar-refractivity contribution < 1.29 is 18.7 Å².